The lowest BCUT2D eigenvalue weighted by Crippen LogP contribution is -2.61. The van der Waals surface area contributed by atoms with E-state index in [-0.39, 0.29) is 0 Å². The minimum Gasteiger partial charge on any atom is -0.379 e. The molecule has 0 aromatic rings. The summed E-state index contributed by atoms with van der Waals surface area (Å²) in [5.41, 5.74) is 0.482. The Hall–Kier alpha value is -0.0800. The van der Waals surface area contributed by atoms with Gasteiger partial charge in [-0.05, 0) is 30.1 Å². The van der Waals surface area contributed by atoms with Gasteiger partial charge in [0.15, 0.2) is 0 Å². The van der Waals surface area contributed by atoms with Crippen LogP contribution >= 0.6 is 0 Å². The molecule has 0 radical (unpaired) electrons. The van der Waals surface area contributed by atoms with E-state index in [0.717, 1.165) is 5.92 Å². The van der Waals surface area contributed by atoms with E-state index >= 15 is 0 Å². The molecule has 3 aliphatic carbocycles. The monoisotopic (exact) mass is 184 g/mol. The molecule has 3 saturated carbocycles. The van der Waals surface area contributed by atoms with Crippen LogP contribution in [0.25, 0.3) is 0 Å². The van der Waals surface area contributed by atoms with Gasteiger partial charge in [-0.3, -0.25) is 0 Å². The molecule has 13 heavy (non-hydrogen) atoms. The maximum Gasteiger partial charge on any atom is 0.0866 e. The van der Waals surface area contributed by atoms with Crippen LogP contribution in [0.5, 0.6) is 0 Å². The Morgan fingerprint density at radius 2 is 1.77 bits per heavy atom. The number of methoxy groups -OCH3 is 2. The fourth-order valence-electron chi connectivity index (χ4n) is 3.23. The molecule has 0 amide bonds. The molecule has 2 heteroatoms. The average Bonchev–Trinajstić information content (AvgIpc) is 2.16. The first-order valence-corrected chi connectivity index (χ1v) is 5.16. The molecule has 0 aromatic carbocycles. The zero-order valence-corrected chi connectivity index (χ0v) is 9.04. The van der Waals surface area contributed by atoms with Crippen molar-refractivity contribution in [2.75, 3.05) is 14.2 Å². The van der Waals surface area contributed by atoms with Crippen molar-refractivity contribution < 1.29 is 9.47 Å². The fraction of sp³-hybridized carbons (Fsp3) is 1.00. The van der Waals surface area contributed by atoms with Crippen LogP contribution in [0, 0.1) is 17.3 Å². The first-order valence-electron chi connectivity index (χ1n) is 5.16. The molecule has 0 heterocycles. The Kier molecular flexibility index (Phi) is 2.16. The Bertz CT molecular complexity index is 200. The van der Waals surface area contributed by atoms with Gasteiger partial charge >= 0.3 is 0 Å². The third-order valence-corrected chi connectivity index (χ3v) is 4.40. The molecule has 3 fully saturated rings. The Morgan fingerprint density at radius 3 is 2.23 bits per heavy atom. The van der Waals surface area contributed by atoms with Crippen molar-refractivity contribution in [1.82, 2.24) is 0 Å². The molecular formula is C11H20O2. The summed E-state index contributed by atoms with van der Waals surface area (Å²) in [5, 5.41) is 0. The predicted octanol–water partition coefficient (Wildman–Crippen LogP) is 2.08. The molecule has 4 atom stereocenters. The predicted molar refractivity (Wildman–Crippen MR) is 51.6 cm³/mol. The van der Waals surface area contributed by atoms with E-state index in [1.54, 1.807) is 7.11 Å². The van der Waals surface area contributed by atoms with Gasteiger partial charge in [-0.2, -0.15) is 0 Å². The molecule has 0 aromatic heterocycles. The summed E-state index contributed by atoms with van der Waals surface area (Å²) < 4.78 is 11.0. The van der Waals surface area contributed by atoms with Gasteiger partial charge in [0.25, 0.3) is 0 Å². The highest BCUT2D eigenvalue weighted by Crippen LogP contribution is 2.60. The molecule has 3 aliphatic rings. The van der Waals surface area contributed by atoms with Crippen LogP contribution in [-0.4, -0.2) is 26.4 Å². The Balaban J connectivity index is 2.13. The van der Waals surface area contributed by atoms with Gasteiger partial charge in [0.1, 0.15) is 0 Å². The van der Waals surface area contributed by atoms with E-state index < -0.39 is 0 Å². The van der Waals surface area contributed by atoms with Gasteiger partial charge in [-0.25, -0.2) is 0 Å². The third kappa shape index (κ3) is 1.15. The molecular weight excluding hydrogens is 164 g/mol. The van der Waals surface area contributed by atoms with Crippen molar-refractivity contribution in [3.63, 3.8) is 0 Å². The molecule has 0 spiro atoms. The molecule has 3 rings (SSSR count). The van der Waals surface area contributed by atoms with E-state index in [2.05, 4.69) is 13.8 Å². The minimum atomic E-state index is 0.324. The van der Waals surface area contributed by atoms with E-state index in [4.69, 9.17) is 9.47 Å². The lowest BCUT2D eigenvalue weighted by Gasteiger charge is -2.61. The van der Waals surface area contributed by atoms with E-state index in [1.807, 2.05) is 7.11 Å². The van der Waals surface area contributed by atoms with E-state index in [0.29, 0.717) is 23.5 Å². The van der Waals surface area contributed by atoms with Gasteiger partial charge in [0.2, 0.25) is 0 Å². The molecule has 0 saturated heterocycles. The molecule has 0 aliphatic heterocycles. The SMILES string of the molecule is COC1CC2CC(C1OC)C2(C)C. The number of rotatable bonds is 2. The second kappa shape index (κ2) is 2.96. The second-order valence-electron chi connectivity index (χ2n) is 5.07. The van der Waals surface area contributed by atoms with Crippen LogP contribution in [-0.2, 0) is 9.47 Å². The van der Waals surface area contributed by atoms with Crippen molar-refractivity contribution in [3.05, 3.63) is 0 Å². The number of ether oxygens (including phenoxy) is 2. The highest BCUT2D eigenvalue weighted by molar-refractivity contribution is 5.07. The zero-order valence-electron chi connectivity index (χ0n) is 9.04. The highest BCUT2D eigenvalue weighted by Gasteiger charge is 2.58. The average molecular weight is 184 g/mol. The summed E-state index contributed by atoms with van der Waals surface area (Å²) in [4.78, 5) is 0. The Labute approximate surface area is 80.6 Å². The lowest BCUT2D eigenvalue weighted by molar-refractivity contribution is -0.209. The summed E-state index contributed by atoms with van der Waals surface area (Å²) >= 11 is 0. The van der Waals surface area contributed by atoms with Crippen LogP contribution in [0.1, 0.15) is 26.7 Å². The molecule has 76 valence electrons. The van der Waals surface area contributed by atoms with E-state index in [1.165, 1.54) is 12.8 Å². The molecule has 0 N–H and O–H groups in total. The maximum absolute atomic E-state index is 5.56. The standard InChI is InChI=1S/C11H20O2/c1-11(2)7-5-8(11)10(13-4)9(6-7)12-3/h7-10H,5-6H2,1-4H3. The summed E-state index contributed by atoms with van der Waals surface area (Å²) in [6.07, 6.45) is 3.18. The van der Waals surface area contributed by atoms with Gasteiger partial charge in [-0.15, -0.1) is 0 Å². The summed E-state index contributed by atoms with van der Waals surface area (Å²) in [5.74, 6) is 1.56. The minimum absolute atomic E-state index is 0.324. The zero-order chi connectivity index (χ0) is 9.64. The smallest absolute Gasteiger partial charge is 0.0866 e. The third-order valence-electron chi connectivity index (χ3n) is 4.40. The second-order valence-corrected chi connectivity index (χ2v) is 5.07. The molecule has 2 bridgehead atoms. The maximum atomic E-state index is 5.56. The summed E-state index contributed by atoms with van der Waals surface area (Å²) in [7, 11) is 3.61. The van der Waals surface area contributed by atoms with E-state index in [9.17, 15) is 0 Å². The van der Waals surface area contributed by atoms with Crippen molar-refractivity contribution in [1.29, 1.82) is 0 Å². The quantitative estimate of drug-likeness (QED) is 0.654. The van der Waals surface area contributed by atoms with Gasteiger partial charge in [0, 0.05) is 14.2 Å². The topological polar surface area (TPSA) is 18.5 Å². The van der Waals surface area contributed by atoms with Crippen LogP contribution in [0.2, 0.25) is 0 Å². The fourth-order valence-corrected chi connectivity index (χ4v) is 3.23. The normalized spacial score (nSPS) is 47.1. The number of fused-ring (bicyclic) bond motifs is 2. The molecule has 4 unspecified atom stereocenters. The van der Waals surface area contributed by atoms with Crippen LogP contribution in [0.15, 0.2) is 0 Å². The van der Waals surface area contributed by atoms with Crippen molar-refractivity contribution in [2.45, 2.75) is 38.9 Å². The number of hydrogen-bond acceptors (Lipinski definition) is 2. The molecule has 2 nitrogen and oxygen atoms in total. The first-order chi connectivity index (χ1) is 6.11. The van der Waals surface area contributed by atoms with Crippen molar-refractivity contribution in [3.8, 4) is 0 Å². The van der Waals surface area contributed by atoms with Crippen molar-refractivity contribution >= 4 is 0 Å². The number of hydrogen-bond donors (Lipinski definition) is 0. The largest absolute Gasteiger partial charge is 0.379 e. The van der Waals surface area contributed by atoms with Crippen molar-refractivity contribution in [2.24, 2.45) is 17.3 Å². The lowest BCUT2D eigenvalue weighted by atomic mass is 9.47. The van der Waals surface area contributed by atoms with Gasteiger partial charge in [-0.1, -0.05) is 13.8 Å². The van der Waals surface area contributed by atoms with Crippen LogP contribution in [0.4, 0.5) is 0 Å². The van der Waals surface area contributed by atoms with Crippen LogP contribution in [0.3, 0.4) is 0 Å². The van der Waals surface area contributed by atoms with Gasteiger partial charge in [0.05, 0.1) is 12.2 Å². The summed E-state index contributed by atoms with van der Waals surface area (Å²) in [6, 6.07) is 0. The highest BCUT2D eigenvalue weighted by atomic mass is 16.5. The Morgan fingerprint density at radius 1 is 1.08 bits per heavy atom. The summed E-state index contributed by atoms with van der Waals surface area (Å²) in [6.45, 7) is 4.73. The van der Waals surface area contributed by atoms with Crippen LogP contribution < -0.4 is 0 Å². The van der Waals surface area contributed by atoms with Gasteiger partial charge < -0.3 is 9.47 Å². The first kappa shape index (κ1) is 9.47.